The maximum absolute atomic E-state index is 14.9. The zero-order chi connectivity index (χ0) is 26.3. The molecule has 0 saturated heterocycles. The number of rotatable bonds is 7. The number of thiophene rings is 1. The van der Waals surface area contributed by atoms with E-state index in [1.807, 2.05) is 37.3 Å². The van der Waals surface area contributed by atoms with Crippen LogP contribution in [-0.2, 0) is 6.42 Å². The predicted molar refractivity (Wildman–Crippen MR) is 141 cm³/mol. The minimum Gasteiger partial charge on any atom is -0.496 e. The van der Waals surface area contributed by atoms with Crippen molar-refractivity contribution in [1.82, 2.24) is 0 Å². The Hall–Kier alpha value is -4.50. The largest absolute Gasteiger partial charge is 0.496 e. The Morgan fingerprint density at radius 3 is 2.59 bits per heavy atom. The molecule has 0 aliphatic rings. The summed E-state index contributed by atoms with van der Waals surface area (Å²) in [6, 6.07) is 18.2. The monoisotopic (exact) mass is 516 g/mol. The SMILES string of the molecule is COc1ccc(-c2ccc(Cc3c(C(N)=O)oc4ccc([N+](=O)[O-])c(-c5ccccc5F)c34)s2)cc1C. The lowest BCUT2D eigenvalue weighted by atomic mass is 9.94. The number of aryl methyl sites for hydroxylation is 1. The molecule has 7 nitrogen and oxygen atoms in total. The van der Waals surface area contributed by atoms with Gasteiger partial charge in [-0.25, -0.2) is 4.39 Å². The average molecular weight is 517 g/mol. The molecule has 2 N–H and O–H groups in total. The van der Waals surface area contributed by atoms with Gasteiger partial charge in [-0.3, -0.25) is 14.9 Å². The number of nitro benzene ring substituents is 1. The van der Waals surface area contributed by atoms with Gasteiger partial charge in [0.05, 0.1) is 17.6 Å². The Kier molecular flexibility index (Phi) is 6.22. The second kappa shape index (κ2) is 9.51. The van der Waals surface area contributed by atoms with Gasteiger partial charge < -0.3 is 14.9 Å². The van der Waals surface area contributed by atoms with E-state index in [1.165, 1.54) is 41.7 Å². The number of primary amides is 1. The summed E-state index contributed by atoms with van der Waals surface area (Å²) in [6.45, 7) is 1.96. The van der Waals surface area contributed by atoms with Crippen LogP contribution in [0.5, 0.6) is 5.75 Å². The second-order valence-corrected chi connectivity index (χ2v) is 9.64. The van der Waals surface area contributed by atoms with E-state index in [0.29, 0.717) is 10.9 Å². The summed E-state index contributed by atoms with van der Waals surface area (Å²) in [5.41, 5.74) is 8.03. The van der Waals surface area contributed by atoms with Gasteiger partial charge in [0, 0.05) is 38.8 Å². The van der Waals surface area contributed by atoms with Crippen LogP contribution in [0.15, 0.2) is 71.1 Å². The zero-order valence-electron chi connectivity index (χ0n) is 19.9. The fraction of sp³-hybridized carbons (Fsp3) is 0.107. The molecule has 2 aromatic heterocycles. The van der Waals surface area contributed by atoms with Gasteiger partial charge in [-0.1, -0.05) is 18.2 Å². The summed E-state index contributed by atoms with van der Waals surface area (Å²) < 4.78 is 26.0. The van der Waals surface area contributed by atoms with Crippen LogP contribution in [0.4, 0.5) is 10.1 Å². The number of furan rings is 1. The Morgan fingerprint density at radius 2 is 1.92 bits per heavy atom. The van der Waals surface area contributed by atoms with Crippen molar-refractivity contribution in [2.24, 2.45) is 5.73 Å². The number of halogens is 1. The number of methoxy groups -OCH3 is 1. The number of ether oxygens (including phenoxy) is 1. The summed E-state index contributed by atoms with van der Waals surface area (Å²) in [4.78, 5) is 25.6. The third-order valence-corrected chi connectivity index (χ3v) is 7.32. The number of amides is 1. The standard InChI is InChI=1S/C28H21FN2O5S/c1-15-13-16(7-10-22(15)35-2)24-12-8-17(37-24)14-19-26-23(36-27(19)28(30)32)11-9-21(31(33)34)25(26)18-5-3-4-6-20(18)29/h3-13H,14H2,1-2H3,(H2,30,32). The lowest BCUT2D eigenvalue weighted by Gasteiger charge is -2.08. The van der Waals surface area contributed by atoms with E-state index in [9.17, 15) is 19.3 Å². The van der Waals surface area contributed by atoms with Crippen molar-refractivity contribution in [2.75, 3.05) is 7.11 Å². The molecule has 1 amide bonds. The van der Waals surface area contributed by atoms with Gasteiger partial charge in [-0.05, 0) is 60.5 Å². The average Bonchev–Trinajstić information content (AvgIpc) is 3.49. The molecule has 0 aliphatic carbocycles. The number of nitrogens with zero attached hydrogens (tertiary/aromatic N) is 1. The lowest BCUT2D eigenvalue weighted by Crippen LogP contribution is -2.12. The van der Waals surface area contributed by atoms with Crippen molar-refractivity contribution in [1.29, 1.82) is 0 Å². The normalized spacial score (nSPS) is 11.1. The molecule has 3 aromatic carbocycles. The molecule has 0 spiro atoms. The van der Waals surface area contributed by atoms with Gasteiger partial charge in [0.25, 0.3) is 11.6 Å². The third kappa shape index (κ3) is 4.34. The molecule has 0 atom stereocenters. The Labute approximate surface area is 215 Å². The van der Waals surface area contributed by atoms with Gasteiger partial charge in [-0.2, -0.15) is 0 Å². The maximum atomic E-state index is 14.9. The van der Waals surface area contributed by atoms with E-state index in [2.05, 4.69) is 0 Å². The van der Waals surface area contributed by atoms with E-state index in [4.69, 9.17) is 14.9 Å². The number of nitro groups is 1. The van der Waals surface area contributed by atoms with Crippen LogP contribution in [0.1, 0.15) is 26.6 Å². The number of hydrogen-bond donors (Lipinski definition) is 1. The topological polar surface area (TPSA) is 109 Å². The van der Waals surface area contributed by atoms with E-state index >= 15 is 0 Å². The summed E-state index contributed by atoms with van der Waals surface area (Å²) in [5, 5.41) is 12.2. The molecular formula is C28H21FN2O5S. The summed E-state index contributed by atoms with van der Waals surface area (Å²) in [6.07, 6.45) is 0.216. The van der Waals surface area contributed by atoms with Crippen molar-refractivity contribution in [3.63, 3.8) is 0 Å². The first-order chi connectivity index (χ1) is 17.8. The van der Waals surface area contributed by atoms with Gasteiger partial charge in [0.2, 0.25) is 0 Å². The smallest absolute Gasteiger partial charge is 0.284 e. The maximum Gasteiger partial charge on any atom is 0.284 e. The van der Waals surface area contributed by atoms with E-state index in [0.717, 1.165) is 26.6 Å². The van der Waals surface area contributed by atoms with Crippen LogP contribution >= 0.6 is 11.3 Å². The Morgan fingerprint density at radius 1 is 1.14 bits per heavy atom. The number of benzene rings is 3. The first-order valence-electron chi connectivity index (χ1n) is 11.3. The number of fused-ring (bicyclic) bond motifs is 1. The lowest BCUT2D eigenvalue weighted by molar-refractivity contribution is -0.384. The second-order valence-electron chi connectivity index (χ2n) is 8.47. The molecule has 9 heteroatoms. The van der Waals surface area contributed by atoms with E-state index in [-0.39, 0.29) is 34.6 Å². The van der Waals surface area contributed by atoms with Crippen molar-refractivity contribution >= 4 is 33.9 Å². The molecule has 0 fully saturated rings. The van der Waals surface area contributed by atoms with Crippen molar-refractivity contribution in [2.45, 2.75) is 13.3 Å². The molecule has 5 aromatic rings. The third-order valence-electron chi connectivity index (χ3n) is 6.19. The quantitative estimate of drug-likeness (QED) is 0.187. The molecule has 2 heterocycles. The fourth-order valence-corrected chi connectivity index (χ4v) is 5.55. The zero-order valence-corrected chi connectivity index (χ0v) is 20.7. The van der Waals surface area contributed by atoms with E-state index in [1.54, 1.807) is 13.2 Å². The molecule has 186 valence electrons. The van der Waals surface area contributed by atoms with Crippen LogP contribution in [0.25, 0.3) is 32.5 Å². The molecular weight excluding hydrogens is 495 g/mol. The predicted octanol–water partition coefficient (Wildman–Crippen LogP) is 6.88. The van der Waals surface area contributed by atoms with Crippen LogP contribution < -0.4 is 10.5 Å². The minimum absolute atomic E-state index is 0.0402. The summed E-state index contributed by atoms with van der Waals surface area (Å²) in [7, 11) is 1.62. The number of carbonyl (C=O) groups is 1. The van der Waals surface area contributed by atoms with Crippen LogP contribution in [-0.4, -0.2) is 17.9 Å². The molecule has 0 radical (unpaired) electrons. The van der Waals surface area contributed by atoms with Crippen molar-refractivity contribution in [3.8, 4) is 27.3 Å². The number of nitrogens with two attached hydrogens (primary N) is 1. The van der Waals surface area contributed by atoms with Gasteiger partial charge in [0.15, 0.2) is 5.76 Å². The van der Waals surface area contributed by atoms with Crippen LogP contribution in [0.3, 0.4) is 0 Å². The number of hydrogen-bond acceptors (Lipinski definition) is 6. The molecule has 37 heavy (non-hydrogen) atoms. The Balaban J connectivity index is 1.69. The highest BCUT2D eigenvalue weighted by Crippen LogP contribution is 2.43. The highest BCUT2D eigenvalue weighted by molar-refractivity contribution is 7.15. The van der Waals surface area contributed by atoms with Gasteiger partial charge in [-0.15, -0.1) is 11.3 Å². The molecule has 0 saturated carbocycles. The molecule has 0 bridgehead atoms. The highest BCUT2D eigenvalue weighted by Gasteiger charge is 2.29. The fourth-order valence-electron chi connectivity index (χ4n) is 4.53. The van der Waals surface area contributed by atoms with Crippen LogP contribution in [0, 0.1) is 22.9 Å². The first-order valence-corrected chi connectivity index (χ1v) is 12.1. The molecule has 5 rings (SSSR count). The molecule has 0 unspecified atom stereocenters. The molecule has 0 aliphatic heterocycles. The summed E-state index contributed by atoms with van der Waals surface area (Å²) >= 11 is 1.51. The first kappa shape index (κ1) is 24.2. The number of carbonyl (C=O) groups excluding carboxylic acids is 1. The summed E-state index contributed by atoms with van der Waals surface area (Å²) in [5.74, 6) is -0.753. The Bertz CT molecular complexity index is 1690. The van der Waals surface area contributed by atoms with Gasteiger partial charge in [0.1, 0.15) is 17.1 Å². The van der Waals surface area contributed by atoms with Crippen molar-refractivity contribution in [3.05, 3.63) is 104 Å². The van der Waals surface area contributed by atoms with Crippen LogP contribution in [0.2, 0.25) is 0 Å². The highest BCUT2D eigenvalue weighted by atomic mass is 32.1. The van der Waals surface area contributed by atoms with Crippen molar-refractivity contribution < 1.29 is 23.3 Å². The van der Waals surface area contributed by atoms with E-state index < -0.39 is 16.6 Å². The minimum atomic E-state index is -0.809. The van der Waals surface area contributed by atoms with Gasteiger partial charge >= 0.3 is 0 Å².